The Morgan fingerprint density at radius 1 is 0.871 bits per heavy atom. The molecule has 5 aromatic rings. The lowest BCUT2D eigenvalue weighted by atomic mass is 10.1. The Labute approximate surface area is 177 Å². The second kappa shape index (κ2) is 7.36. The first kappa shape index (κ1) is 19.0. The van der Waals surface area contributed by atoms with Crippen LogP contribution in [0, 0.1) is 18.6 Å². The van der Waals surface area contributed by atoms with Gasteiger partial charge >= 0.3 is 0 Å². The monoisotopic (exact) mass is 416 g/mol. The fourth-order valence-corrected chi connectivity index (χ4v) is 3.69. The molecule has 5 nitrogen and oxygen atoms in total. The minimum atomic E-state index is -0.913. The van der Waals surface area contributed by atoms with Crippen molar-refractivity contribution in [3.63, 3.8) is 0 Å². The molecule has 0 bridgehead atoms. The molecule has 0 aliphatic rings. The standard InChI is InChI=1S/C24H18F2N4O/c1-15-23(16-5-8-18(31-2)9-6-16)24-27-22(29-11-3-4-12-29)14-21(30(24)28-15)17-7-10-19(25)20(26)13-17/h3-14H,1-2H3. The summed E-state index contributed by atoms with van der Waals surface area (Å²) >= 11 is 0. The van der Waals surface area contributed by atoms with Gasteiger partial charge in [0.25, 0.3) is 0 Å². The first-order chi connectivity index (χ1) is 15.0. The number of fused-ring (bicyclic) bond motifs is 1. The van der Waals surface area contributed by atoms with Crippen molar-refractivity contribution in [3.8, 4) is 34.0 Å². The van der Waals surface area contributed by atoms with Crippen molar-refractivity contribution >= 4 is 5.65 Å². The summed E-state index contributed by atoms with van der Waals surface area (Å²) in [5, 5.41) is 4.68. The summed E-state index contributed by atoms with van der Waals surface area (Å²) in [6.45, 7) is 1.90. The highest BCUT2D eigenvalue weighted by Crippen LogP contribution is 2.33. The van der Waals surface area contributed by atoms with E-state index < -0.39 is 11.6 Å². The molecule has 0 aliphatic carbocycles. The van der Waals surface area contributed by atoms with Crippen molar-refractivity contribution in [1.29, 1.82) is 0 Å². The van der Waals surface area contributed by atoms with E-state index >= 15 is 0 Å². The van der Waals surface area contributed by atoms with Crippen LogP contribution in [0.3, 0.4) is 0 Å². The van der Waals surface area contributed by atoms with Crippen molar-refractivity contribution in [1.82, 2.24) is 19.2 Å². The largest absolute Gasteiger partial charge is 0.497 e. The molecule has 0 radical (unpaired) electrons. The zero-order valence-electron chi connectivity index (χ0n) is 16.9. The Kier molecular flexibility index (Phi) is 4.51. The molecule has 154 valence electrons. The van der Waals surface area contributed by atoms with Crippen molar-refractivity contribution in [2.24, 2.45) is 0 Å². The lowest BCUT2D eigenvalue weighted by Crippen LogP contribution is -2.03. The highest BCUT2D eigenvalue weighted by Gasteiger charge is 2.19. The molecule has 7 heteroatoms. The van der Waals surface area contributed by atoms with E-state index in [1.807, 2.05) is 66.3 Å². The first-order valence-corrected chi connectivity index (χ1v) is 9.69. The topological polar surface area (TPSA) is 44.4 Å². The van der Waals surface area contributed by atoms with Crippen molar-refractivity contribution in [3.05, 3.63) is 90.4 Å². The highest BCUT2D eigenvalue weighted by atomic mass is 19.2. The molecular formula is C24H18F2N4O. The van der Waals surface area contributed by atoms with E-state index in [2.05, 4.69) is 5.10 Å². The fourth-order valence-electron chi connectivity index (χ4n) is 3.69. The third kappa shape index (κ3) is 3.24. The van der Waals surface area contributed by atoms with Gasteiger partial charge in [-0.05, 0) is 55.0 Å². The number of aryl methyl sites for hydroxylation is 1. The van der Waals surface area contributed by atoms with Gasteiger partial charge in [0.1, 0.15) is 11.6 Å². The third-order valence-electron chi connectivity index (χ3n) is 5.21. The van der Waals surface area contributed by atoms with Gasteiger partial charge in [-0.1, -0.05) is 12.1 Å². The van der Waals surface area contributed by atoms with E-state index in [0.29, 0.717) is 22.7 Å². The molecule has 0 fully saturated rings. The van der Waals surface area contributed by atoms with Crippen LogP contribution in [0.25, 0.3) is 33.8 Å². The summed E-state index contributed by atoms with van der Waals surface area (Å²) in [7, 11) is 1.62. The number of halogens is 2. The Morgan fingerprint density at radius 2 is 1.58 bits per heavy atom. The second-order valence-corrected chi connectivity index (χ2v) is 7.14. The molecule has 0 aliphatic heterocycles. The van der Waals surface area contributed by atoms with Gasteiger partial charge in [0.15, 0.2) is 17.3 Å². The van der Waals surface area contributed by atoms with Crippen LogP contribution in [-0.4, -0.2) is 26.3 Å². The summed E-state index contributed by atoms with van der Waals surface area (Å²) in [5.41, 5.74) is 4.29. The van der Waals surface area contributed by atoms with E-state index in [4.69, 9.17) is 9.72 Å². The second-order valence-electron chi connectivity index (χ2n) is 7.14. The van der Waals surface area contributed by atoms with Crippen LogP contribution in [0.5, 0.6) is 5.75 Å². The fraction of sp³-hybridized carbons (Fsp3) is 0.0833. The summed E-state index contributed by atoms with van der Waals surface area (Å²) in [6.07, 6.45) is 3.76. The Morgan fingerprint density at radius 3 is 2.26 bits per heavy atom. The van der Waals surface area contributed by atoms with Gasteiger partial charge < -0.3 is 9.30 Å². The molecule has 0 spiro atoms. The zero-order chi connectivity index (χ0) is 21.5. The van der Waals surface area contributed by atoms with Crippen molar-refractivity contribution in [2.45, 2.75) is 6.92 Å². The first-order valence-electron chi connectivity index (χ1n) is 9.69. The maximum absolute atomic E-state index is 14.0. The van der Waals surface area contributed by atoms with E-state index in [9.17, 15) is 8.78 Å². The zero-order valence-corrected chi connectivity index (χ0v) is 16.9. The van der Waals surface area contributed by atoms with Gasteiger partial charge in [0.05, 0.1) is 18.5 Å². The number of methoxy groups -OCH3 is 1. The van der Waals surface area contributed by atoms with Crippen LogP contribution in [0.15, 0.2) is 73.1 Å². The van der Waals surface area contributed by atoms with Gasteiger partial charge in [0, 0.05) is 29.6 Å². The molecule has 0 saturated heterocycles. The molecule has 5 rings (SSSR count). The van der Waals surface area contributed by atoms with Crippen LogP contribution < -0.4 is 4.74 Å². The van der Waals surface area contributed by atoms with E-state index in [1.54, 1.807) is 11.6 Å². The lowest BCUT2D eigenvalue weighted by Gasteiger charge is -2.10. The van der Waals surface area contributed by atoms with Gasteiger partial charge in [-0.25, -0.2) is 18.3 Å². The van der Waals surface area contributed by atoms with Gasteiger partial charge in [-0.15, -0.1) is 0 Å². The van der Waals surface area contributed by atoms with E-state index in [-0.39, 0.29) is 0 Å². The maximum atomic E-state index is 14.0. The van der Waals surface area contributed by atoms with Crippen LogP contribution in [0.4, 0.5) is 8.78 Å². The highest BCUT2D eigenvalue weighted by molar-refractivity contribution is 5.82. The smallest absolute Gasteiger partial charge is 0.166 e. The van der Waals surface area contributed by atoms with Crippen LogP contribution in [0.2, 0.25) is 0 Å². The van der Waals surface area contributed by atoms with Gasteiger partial charge in [0.2, 0.25) is 0 Å². The van der Waals surface area contributed by atoms with Crippen LogP contribution >= 0.6 is 0 Å². The molecule has 2 aromatic carbocycles. The SMILES string of the molecule is COc1ccc(-c2c(C)nn3c(-c4ccc(F)c(F)c4)cc(-n4cccc4)nc23)cc1. The summed E-state index contributed by atoms with van der Waals surface area (Å²) in [4.78, 5) is 4.85. The van der Waals surface area contributed by atoms with Crippen LogP contribution in [0.1, 0.15) is 5.69 Å². The molecule has 0 amide bonds. The summed E-state index contributed by atoms with van der Waals surface area (Å²) < 4.78 is 36.4. The molecule has 31 heavy (non-hydrogen) atoms. The number of hydrogen-bond acceptors (Lipinski definition) is 3. The molecule has 3 heterocycles. The predicted molar refractivity (Wildman–Crippen MR) is 114 cm³/mol. The number of rotatable bonds is 4. The summed E-state index contributed by atoms with van der Waals surface area (Å²) in [6, 6.07) is 17.1. The quantitative estimate of drug-likeness (QED) is 0.391. The van der Waals surface area contributed by atoms with Crippen molar-refractivity contribution < 1.29 is 13.5 Å². The molecule has 0 N–H and O–H groups in total. The predicted octanol–water partition coefficient (Wildman–Crippen LogP) is 5.45. The Hall–Kier alpha value is -4.00. The van der Waals surface area contributed by atoms with Gasteiger partial charge in [-0.2, -0.15) is 5.10 Å². The Bertz CT molecular complexity index is 1390. The lowest BCUT2D eigenvalue weighted by molar-refractivity contribution is 0.415. The number of nitrogens with zero attached hydrogens (tertiary/aromatic N) is 4. The number of aromatic nitrogens is 4. The number of ether oxygens (including phenoxy) is 1. The average Bonchev–Trinajstić information content (AvgIpc) is 3.42. The minimum Gasteiger partial charge on any atom is -0.497 e. The third-order valence-corrected chi connectivity index (χ3v) is 5.21. The minimum absolute atomic E-state index is 0.503. The molecule has 0 saturated carbocycles. The Balaban J connectivity index is 1.81. The van der Waals surface area contributed by atoms with E-state index in [1.165, 1.54) is 12.1 Å². The number of hydrogen-bond donors (Lipinski definition) is 0. The van der Waals surface area contributed by atoms with Crippen molar-refractivity contribution in [2.75, 3.05) is 7.11 Å². The molecule has 0 atom stereocenters. The average molecular weight is 416 g/mol. The molecule has 0 unspecified atom stereocenters. The van der Waals surface area contributed by atoms with Gasteiger partial charge in [-0.3, -0.25) is 0 Å². The normalized spacial score (nSPS) is 11.2. The van der Waals surface area contributed by atoms with E-state index in [0.717, 1.165) is 28.6 Å². The maximum Gasteiger partial charge on any atom is 0.166 e. The number of benzene rings is 2. The molecule has 3 aromatic heterocycles. The molecular weight excluding hydrogens is 398 g/mol. The van der Waals surface area contributed by atoms with Crippen LogP contribution in [-0.2, 0) is 0 Å². The summed E-state index contributed by atoms with van der Waals surface area (Å²) in [5.74, 6) is -0.410.